The Bertz CT molecular complexity index is 624. The zero-order valence-electron chi connectivity index (χ0n) is 10.4. The lowest BCUT2D eigenvalue weighted by molar-refractivity contribution is 0.0701. The second-order valence-electron chi connectivity index (χ2n) is 3.80. The van der Waals surface area contributed by atoms with Crippen molar-refractivity contribution in [1.82, 2.24) is 4.98 Å². The van der Waals surface area contributed by atoms with E-state index in [1.165, 1.54) is 19.2 Å². The van der Waals surface area contributed by atoms with E-state index in [0.717, 1.165) is 11.3 Å². The maximum atomic E-state index is 13.9. The Labute approximate surface area is 113 Å². The Kier molecular flexibility index (Phi) is 3.80. The van der Waals surface area contributed by atoms with Gasteiger partial charge in [-0.25, -0.2) is 14.2 Å². The number of hydrogen-bond acceptors (Lipinski definition) is 4. The average molecular weight is 281 g/mol. The fraction of sp³-hybridized carbons (Fsp3) is 0.231. The molecule has 2 aromatic rings. The van der Waals surface area contributed by atoms with Crippen LogP contribution in [-0.4, -0.2) is 23.2 Å². The molecule has 2 rings (SSSR count). The first-order valence-electron chi connectivity index (χ1n) is 5.63. The highest BCUT2D eigenvalue weighted by Gasteiger charge is 2.18. The number of aromatic carboxylic acids is 1. The molecule has 0 atom stereocenters. The van der Waals surface area contributed by atoms with Gasteiger partial charge in [0.2, 0.25) is 0 Å². The van der Waals surface area contributed by atoms with Gasteiger partial charge in [0.1, 0.15) is 21.5 Å². The Morgan fingerprint density at radius 1 is 1.53 bits per heavy atom. The summed E-state index contributed by atoms with van der Waals surface area (Å²) in [5.74, 6) is -1.10. The first-order chi connectivity index (χ1) is 9.06. The van der Waals surface area contributed by atoms with Crippen LogP contribution in [0, 0.1) is 5.82 Å². The third kappa shape index (κ3) is 2.58. The number of carboxylic acids is 1. The average Bonchev–Trinajstić information content (AvgIpc) is 2.82. The predicted molar refractivity (Wildman–Crippen MR) is 70.4 cm³/mol. The van der Waals surface area contributed by atoms with E-state index >= 15 is 0 Å². The molecule has 1 N–H and O–H groups in total. The molecule has 0 amide bonds. The van der Waals surface area contributed by atoms with Gasteiger partial charge in [0, 0.05) is 11.6 Å². The quantitative estimate of drug-likeness (QED) is 0.934. The number of carboxylic acid groups (broad SMARTS) is 1. The van der Waals surface area contributed by atoms with Gasteiger partial charge in [-0.05, 0) is 18.6 Å². The molecule has 100 valence electrons. The van der Waals surface area contributed by atoms with Gasteiger partial charge < -0.3 is 9.84 Å². The molecule has 0 aliphatic rings. The Hall–Kier alpha value is -1.95. The number of aryl methyl sites for hydroxylation is 1. The molecule has 0 saturated carbocycles. The summed E-state index contributed by atoms with van der Waals surface area (Å²) in [5.41, 5.74) is 0.760. The number of hydrogen-bond donors (Lipinski definition) is 1. The van der Waals surface area contributed by atoms with Crippen LogP contribution in [0.3, 0.4) is 0 Å². The van der Waals surface area contributed by atoms with Crippen molar-refractivity contribution >= 4 is 17.3 Å². The monoisotopic (exact) mass is 281 g/mol. The summed E-state index contributed by atoms with van der Waals surface area (Å²) in [6.07, 6.45) is 0.496. The summed E-state index contributed by atoms with van der Waals surface area (Å²) < 4.78 is 18.8. The Morgan fingerprint density at radius 2 is 2.26 bits per heavy atom. The van der Waals surface area contributed by atoms with Crippen LogP contribution in [0.1, 0.15) is 22.3 Å². The third-order valence-electron chi connectivity index (χ3n) is 2.63. The second kappa shape index (κ2) is 5.36. The maximum absolute atomic E-state index is 13.9. The minimum atomic E-state index is -1.03. The lowest BCUT2D eigenvalue weighted by Crippen LogP contribution is -1.97. The van der Waals surface area contributed by atoms with Gasteiger partial charge in [-0.2, -0.15) is 0 Å². The van der Waals surface area contributed by atoms with Gasteiger partial charge in [0.25, 0.3) is 0 Å². The van der Waals surface area contributed by atoms with Gasteiger partial charge in [-0.1, -0.05) is 6.92 Å². The number of thiazole rings is 1. The van der Waals surface area contributed by atoms with E-state index in [1.54, 1.807) is 6.07 Å². The smallest absolute Gasteiger partial charge is 0.347 e. The fourth-order valence-electron chi connectivity index (χ4n) is 1.67. The Balaban J connectivity index is 2.50. The van der Waals surface area contributed by atoms with E-state index in [-0.39, 0.29) is 10.4 Å². The largest absolute Gasteiger partial charge is 0.497 e. The van der Waals surface area contributed by atoms with Gasteiger partial charge in [-0.15, -0.1) is 11.3 Å². The number of rotatable bonds is 4. The molecule has 0 saturated heterocycles. The number of aromatic nitrogens is 1. The van der Waals surface area contributed by atoms with Crippen molar-refractivity contribution in [3.63, 3.8) is 0 Å². The molecular weight excluding hydrogens is 269 g/mol. The van der Waals surface area contributed by atoms with E-state index in [9.17, 15) is 9.18 Å². The second-order valence-corrected chi connectivity index (χ2v) is 4.80. The van der Waals surface area contributed by atoms with Gasteiger partial charge in [0.15, 0.2) is 0 Å². The first kappa shape index (κ1) is 13.5. The highest BCUT2D eigenvalue weighted by Crippen LogP contribution is 2.31. The molecule has 0 spiro atoms. The van der Waals surface area contributed by atoms with Gasteiger partial charge in [-0.3, -0.25) is 0 Å². The molecule has 1 aromatic heterocycles. The summed E-state index contributed by atoms with van der Waals surface area (Å²) in [6, 6.07) is 4.41. The van der Waals surface area contributed by atoms with Crippen LogP contribution >= 0.6 is 11.3 Å². The molecule has 19 heavy (non-hydrogen) atoms. The van der Waals surface area contributed by atoms with E-state index in [2.05, 4.69) is 4.98 Å². The molecule has 0 radical (unpaired) electrons. The van der Waals surface area contributed by atoms with Crippen LogP contribution in [0.2, 0.25) is 0 Å². The third-order valence-corrected chi connectivity index (χ3v) is 3.75. The van der Waals surface area contributed by atoms with Crippen LogP contribution < -0.4 is 4.74 Å². The summed E-state index contributed by atoms with van der Waals surface area (Å²) in [6.45, 7) is 1.82. The molecule has 1 heterocycles. The van der Waals surface area contributed by atoms with Crippen LogP contribution in [-0.2, 0) is 6.42 Å². The predicted octanol–water partition coefficient (Wildman–Crippen LogP) is 3.22. The lowest BCUT2D eigenvalue weighted by Gasteiger charge is -2.02. The minimum Gasteiger partial charge on any atom is -0.497 e. The van der Waals surface area contributed by atoms with Crippen molar-refractivity contribution in [3.05, 3.63) is 34.6 Å². The molecular formula is C13H12FNO3S. The van der Waals surface area contributed by atoms with E-state index in [1.807, 2.05) is 6.92 Å². The number of benzene rings is 1. The summed E-state index contributed by atoms with van der Waals surface area (Å²) in [4.78, 5) is 15.4. The number of halogens is 1. The number of nitrogens with zero attached hydrogens (tertiary/aromatic N) is 1. The van der Waals surface area contributed by atoms with Crippen molar-refractivity contribution < 1.29 is 19.0 Å². The maximum Gasteiger partial charge on any atom is 0.347 e. The SMILES string of the molecule is CCc1nc(-c2ccc(OC)cc2F)sc1C(=O)O. The van der Waals surface area contributed by atoms with Crippen LogP contribution in [0.5, 0.6) is 5.75 Å². The first-order valence-corrected chi connectivity index (χ1v) is 6.45. The van der Waals surface area contributed by atoms with Crippen LogP contribution in [0.15, 0.2) is 18.2 Å². The summed E-state index contributed by atoms with van der Waals surface area (Å²) in [5, 5.41) is 9.43. The highest BCUT2D eigenvalue weighted by atomic mass is 32.1. The summed E-state index contributed by atoms with van der Waals surface area (Å²) in [7, 11) is 1.45. The van der Waals surface area contributed by atoms with Gasteiger partial charge >= 0.3 is 5.97 Å². The Morgan fingerprint density at radius 3 is 2.74 bits per heavy atom. The zero-order chi connectivity index (χ0) is 14.0. The van der Waals surface area contributed by atoms with Crippen molar-refractivity contribution in [3.8, 4) is 16.3 Å². The standard InChI is InChI=1S/C13H12FNO3S/c1-3-10-11(13(16)17)19-12(15-10)8-5-4-7(18-2)6-9(8)14/h4-6H,3H2,1-2H3,(H,16,17). The minimum absolute atomic E-state index is 0.160. The van der Waals surface area contributed by atoms with Crippen LogP contribution in [0.4, 0.5) is 4.39 Å². The molecule has 6 heteroatoms. The number of carbonyl (C=O) groups is 1. The van der Waals surface area contributed by atoms with E-state index < -0.39 is 11.8 Å². The molecule has 0 bridgehead atoms. The van der Waals surface area contributed by atoms with Crippen LogP contribution in [0.25, 0.3) is 10.6 Å². The van der Waals surface area contributed by atoms with Gasteiger partial charge in [0.05, 0.1) is 12.8 Å². The molecule has 0 fully saturated rings. The molecule has 1 aromatic carbocycles. The molecule has 0 unspecified atom stereocenters. The molecule has 4 nitrogen and oxygen atoms in total. The molecule has 0 aliphatic heterocycles. The van der Waals surface area contributed by atoms with Crippen molar-refractivity contribution in [2.45, 2.75) is 13.3 Å². The van der Waals surface area contributed by atoms with E-state index in [0.29, 0.717) is 22.9 Å². The summed E-state index contributed by atoms with van der Waals surface area (Å²) >= 11 is 0.981. The normalized spacial score (nSPS) is 10.5. The number of ether oxygens (including phenoxy) is 1. The molecule has 0 aliphatic carbocycles. The number of methoxy groups -OCH3 is 1. The zero-order valence-corrected chi connectivity index (χ0v) is 11.3. The fourth-order valence-corrected chi connectivity index (χ4v) is 2.69. The topological polar surface area (TPSA) is 59.4 Å². The van der Waals surface area contributed by atoms with Crippen molar-refractivity contribution in [2.75, 3.05) is 7.11 Å². The van der Waals surface area contributed by atoms with E-state index in [4.69, 9.17) is 9.84 Å². The highest BCUT2D eigenvalue weighted by molar-refractivity contribution is 7.17. The van der Waals surface area contributed by atoms with Crippen molar-refractivity contribution in [2.24, 2.45) is 0 Å². The van der Waals surface area contributed by atoms with Crippen molar-refractivity contribution in [1.29, 1.82) is 0 Å². The lowest BCUT2D eigenvalue weighted by atomic mass is 10.2.